The van der Waals surface area contributed by atoms with Gasteiger partial charge in [-0.1, -0.05) is 6.07 Å². The van der Waals surface area contributed by atoms with E-state index in [1.807, 2.05) is 13.8 Å². The molecule has 1 aromatic rings. The summed E-state index contributed by atoms with van der Waals surface area (Å²) < 4.78 is 0. The first-order valence-corrected chi connectivity index (χ1v) is 8.31. The van der Waals surface area contributed by atoms with E-state index < -0.39 is 5.60 Å². The van der Waals surface area contributed by atoms with Crippen molar-refractivity contribution in [1.82, 2.24) is 5.32 Å². The zero-order chi connectivity index (χ0) is 16.9. The molecule has 1 aromatic carbocycles. The second-order valence-electron chi connectivity index (χ2n) is 7.24. The zero-order valence-electron chi connectivity index (χ0n) is 15.1. The first-order valence-electron chi connectivity index (χ1n) is 8.31. The van der Waals surface area contributed by atoms with Crippen molar-refractivity contribution in [3.8, 4) is 0 Å². The van der Waals surface area contributed by atoms with Crippen LogP contribution in [0.4, 0.5) is 0 Å². The largest absolute Gasteiger partial charge is 0.392 e. The number of benzene rings is 1. The van der Waals surface area contributed by atoms with Gasteiger partial charge in [0.1, 0.15) is 0 Å². The van der Waals surface area contributed by atoms with Crippen molar-refractivity contribution in [1.29, 1.82) is 0 Å². The van der Waals surface area contributed by atoms with Crippen LogP contribution in [0, 0.1) is 20.8 Å². The molecule has 0 spiro atoms. The maximum Gasteiger partial charge on any atom is 0.0687 e. The Kier molecular flexibility index (Phi) is 7.04. The van der Waals surface area contributed by atoms with Gasteiger partial charge in [-0.15, -0.1) is 0 Å². The lowest BCUT2D eigenvalue weighted by molar-refractivity contribution is 0.0675. The molecule has 1 unspecified atom stereocenters. The predicted molar refractivity (Wildman–Crippen MR) is 93.0 cm³/mol. The lowest BCUT2D eigenvalue weighted by Gasteiger charge is -2.21. The Labute approximate surface area is 135 Å². The Morgan fingerprint density at radius 1 is 1.14 bits per heavy atom. The lowest BCUT2D eigenvalue weighted by atomic mass is 9.93. The normalized spacial score (nSPS) is 13.5. The molecule has 0 amide bonds. The van der Waals surface area contributed by atoms with Crippen LogP contribution < -0.4 is 5.32 Å². The standard InChI is InChI=1S/C19H33NO2/c1-13-10-14(2)18(12-21)16(4)17(13)11-20-15(3)8-7-9-19(5,6)22/h10,15,20-22H,7-9,11-12H2,1-6H3. The highest BCUT2D eigenvalue weighted by Gasteiger charge is 2.14. The summed E-state index contributed by atoms with van der Waals surface area (Å²) in [5.74, 6) is 0. The molecule has 0 aromatic heterocycles. The summed E-state index contributed by atoms with van der Waals surface area (Å²) >= 11 is 0. The minimum absolute atomic E-state index is 0.103. The van der Waals surface area contributed by atoms with E-state index in [9.17, 15) is 10.2 Å². The number of aryl methyl sites for hydroxylation is 2. The van der Waals surface area contributed by atoms with Crippen LogP contribution in [0.2, 0.25) is 0 Å². The van der Waals surface area contributed by atoms with Gasteiger partial charge in [0.05, 0.1) is 12.2 Å². The number of aliphatic hydroxyl groups excluding tert-OH is 1. The topological polar surface area (TPSA) is 52.5 Å². The van der Waals surface area contributed by atoms with E-state index in [2.05, 4.69) is 39.1 Å². The van der Waals surface area contributed by atoms with Crippen LogP contribution in [0.15, 0.2) is 6.07 Å². The van der Waals surface area contributed by atoms with Crippen molar-refractivity contribution in [2.24, 2.45) is 0 Å². The Hall–Kier alpha value is -0.900. The van der Waals surface area contributed by atoms with Crippen LogP contribution in [0.1, 0.15) is 67.9 Å². The molecule has 1 atom stereocenters. The molecular weight excluding hydrogens is 274 g/mol. The Balaban J connectivity index is 2.61. The highest BCUT2D eigenvalue weighted by Crippen LogP contribution is 2.22. The van der Waals surface area contributed by atoms with Crippen molar-refractivity contribution in [2.75, 3.05) is 0 Å². The molecule has 1 rings (SSSR count). The van der Waals surface area contributed by atoms with Crippen LogP contribution in [0.3, 0.4) is 0 Å². The quantitative estimate of drug-likeness (QED) is 0.689. The van der Waals surface area contributed by atoms with E-state index >= 15 is 0 Å². The summed E-state index contributed by atoms with van der Waals surface area (Å²) in [6, 6.07) is 2.58. The Morgan fingerprint density at radius 3 is 2.27 bits per heavy atom. The molecule has 22 heavy (non-hydrogen) atoms. The van der Waals surface area contributed by atoms with E-state index in [1.54, 1.807) is 0 Å². The van der Waals surface area contributed by atoms with Crippen molar-refractivity contribution >= 4 is 0 Å². The fourth-order valence-electron chi connectivity index (χ4n) is 3.01. The highest BCUT2D eigenvalue weighted by molar-refractivity contribution is 5.44. The number of nitrogens with one attached hydrogen (secondary N) is 1. The molecule has 0 radical (unpaired) electrons. The fourth-order valence-corrected chi connectivity index (χ4v) is 3.01. The van der Waals surface area contributed by atoms with E-state index in [0.717, 1.165) is 31.4 Å². The molecule has 0 aliphatic heterocycles. The Bertz CT molecular complexity index is 489. The fraction of sp³-hybridized carbons (Fsp3) is 0.684. The SMILES string of the molecule is Cc1cc(C)c(CNC(C)CCCC(C)(C)O)c(C)c1CO. The molecule has 3 nitrogen and oxygen atoms in total. The summed E-state index contributed by atoms with van der Waals surface area (Å²) in [4.78, 5) is 0. The first-order chi connectivity index (χ1) is 10.2. The van der Waals surface area contributed by atoms with Gasteiger partial charge in [-0.3, -0.25) is 0 Å². The van der Waals surface area contributed by atoms with Gasteiger partial charge >= 0.3 is 0 Å². The zero-order valence-corrected chi connectivity index (χ0v) is 15.1. The second kappa shape index (κ2) is 8.09. The first kappa shape index (κ1) is 19.1. The van der Waals surface area contributed by atoms with Gasteiger partial charge in [0.15, 0.2) is 0 Å². The summed E-state index contributed by atoms with van der Waals surface area (Å²) in [5.41, 5.74) is 5.43. The summed E-state index contributed by atoms with van der Waals surface area (Å²) in [6.45, 7) is 13.1. The van der Waals surface area contributed by atoms with Gasteiger partial charge < -0.3 is 15.5 Å². The molecule has 126 valence electrons. The molecular formula is C19H33NO2. The average Bonchev–Trinajstić information content (AvgIpc) is 2.36. The summed E-state index contributed by atoms with van der Waals surface area (Å²) in [6.07, 6.45) is 2.91. The molecule has 0 saturated carbocycles. The average molecular weight is 307 g/mol. The molecule has 3 N–H and O–H groups in total. The van der Waals surface area contributed by atoms with Gasteiger partial charge in [-0.2, -0.15) is 0 Å². The van der Waals surface area contributed by atoms with E-state index in [1.165, 1.54) is 22.3 Å². The third-order valence-electron chi connectivity index (χ3n) is 4.50. The molecule has 0 heterocycles. The van der Waals surface area contributed by atoms with Gasteiger partial charge in [-0.25, -0.2) is 0 Å². The van der Waals surface area contributed by atoms with Crippen LogP contribution in [-0.4, -0.2) is 21.9 Å². The minimum atomic E-state index is -0.570. The van der Waals surface area contributed by atoms with Gasteiger partial charge in [0.25, 0.3) is 0 Å². The lowest BCUT2D eigenvalue weighted by Crippen LogP contribution is -2.27. The van der Waals surface area contributed by atoms with Gasteiger partial charge in [-0.05, 0) is 88.6 Å². The molecule has 3 heteroatoms. The number of hydrogen-bond donors (Lipinski definition) is 3. The number of aliphatic hydroxyl groups is 2. The molecule has 0 aliphatic rings. The number of hydrogen-bond acceptors (Lipinski definition) is 3. The second-order valence-corrected chi connectivity index (χ2v) is 7.24. The molecule has 0 bridgehead atoms. The molecule has 0 aliphatic carbocycles. The smallest absolute Gasteiger partial charge is 0.0687 e. The third-order valence-corrected chi connectivity index (χ3v) is 4.50. The number of rotatable bonds is 8. The van der Waals surface area contributed by atoms with E-state index in [-0.39, 0.29) is 6.61 Å². The van der Waals surface area contributed by atoms with E-state index in [0.29, 0.717) is 6.04 Å². The van der Waals surface area contributed by atoms with Gasteiger partial charge in [0.2, 0.25) is 0 Å². The maximum atomic E-state index is 9.75. The van der Waals surface area contributed by atoms with Gasteiger partial charge in [0, 0.05) is 12.6 Å². The predicted octanol–water partition coefficient (Wildman–Crippen LogP) is 3.52. The van der Waals surface area contributed by atoms with Crippen molar-refractivity contribution in [3.63, 3.8) is 0 Å². The molecule has 0 fully saturated rings. The Morgan fingerprint density at radius 2 is 1.73 bits per heavy atom. The summed E-state index contributed by atoms with van der Waals surface area (Å²) in [7, 11) is 0. The third kappa shape index (κ3) is 5.71. The van der Waals surface area contributed by atoms with Crippen molar-refractivity contribution in [3.05, 3.63) is 33.9 Å². The van der Waals surface area contributed by atoms with Crippen LogP contribution in [-0.2, 0) is 13.2 Å². The van der Waals surface area contributed by atoms with Crippen LogP contribution in [0.5, 0.6) is 0 Å². The van der Waals surface area contributed by atoms with Crippen molar-refractivity contribution < 1.29 is 10.2 Å². The van der Waals surface area contributed by atoms with Crippen molar-refractivity contribution in [2.45, 2.75) is 85.6 Å². The van der Waals surface area contributed by atoms with Crippen LogP contribution >= 0.6 is 0 Å². The minimum Gasteiger partial charge on any atom is -0.392 e. The highest BCUT2D eigenvalue weighted by atomic mass is 16.3. The van der Waals surface area contributed by atoms with Crippen LogP contribution in [0.25, 0.3) is 0 Å². The van der Waals surface area contributed by atoms with E-state index in [4.69, 9.17) is 0 Å². The molecule has 0 saturated heterocycles. The monoisotopic (exact) mass is 307 g/mol. The summed E-state index contributed by atoms with van der Waals surface area (Å²) in [5, 5.41) is 22.9. The maximum absolute atomic E-state index is 9.75.